The molecule has 0 spiro atoms. The zero-order valence-electron chi connectivity index (χ0n) is 18.3. The molecule has 1 unspecified atom stereocenters. The van der Waals surface area contributed by atoms with Crippen molar-refractivity contribution in [3.8, 4) is 5.75 Å². The highest BCUT2D eigenvalue weighted by molar-refractivity contribution is 7.92. The fourth-order valence-electron chi connectivity index (χ4n) is 2.75. The van der Waals surface area contributed by atoms with E-state index in [0.29, 0.717) is 30.7 Å². The van der Waals surface area contributed by atoms with Crippen molar-refractivity contribution < 1.29 is 13.2 Å². The molecule has 30 heavy (non-hydrogen) atoms. The summed E-state index contributed by atoms with van der Waals surface area (Å²) in [6.07, 6.45) is 1.14. The first kappa shape index (κ1) is 23.5. The van der Waals surface area contributed by atoms with Gasteiger partial charge in [-0.15, -0.1) is 0 Å². The van der Waals surface area contributed by atoms with Crippen molar-refractivity contribution >= 4 is 21.7 Å². The van der Waals surface area contributed by atoms with Gasteiger partial charge in [-0.05, 0) is 42.2 Å². The summed E-state index contributed by atoms with van der Waals surface area (Å²) in [7, 11) is -1.65. The first-order valence-corrected chi connectivity index (χ1v) is 11.8. The van der Waals surface area contributed by atoms with Crippen molar-refractivity contribution in [3.05, 3.63) is 59.7 Å². The predicted octanol–water partition coefficient (Wildman–Crippen LogP) is 3.52. The van der Waals surface area contributed by atoms with Crippen LogP contribution in [-0.2, 0) is 16.6 Å². The molecule has 0 bridgehead atoms. The maximum absolute atomic E-state index is 11.6. The molecule has 2 aromatic carbocycles. The molecule has 0 saturated carbocycles. The number of ether oxygens (including phenoxy) is 1. The van der Waals surface area contributed by atoms with E-state index in [9.17, 15) is 8.42 Å². The summed E-state index contributed by atoms with van der Waals surface area (Å²) in [5, 5.41) is 6.59. The Bertz CT molecular complexity index is 941. The van der Waals surface area contributed by atoms with Crippen LogP contribution < -0.4 is 20.1 Å². The molecular formula is C22H32N4O3S. The minimum Gasteiger partial charge on any atom is -0.493 e. The number of hydrogen-bond acceptors (Lipinski definition) is 4. The van der Waals surface area contributed by atoms with Crippen LogP contribution in [0.25, 0.3) is 0 Å². The average molecular weight is 433 g/mol. The number of rotatable bonds is 9. The highest BCUT2D eigenvalue weighted by Crippen LogP contribution is 2.19. The Kier molecular flexibility index (Phi) is 8.53. The van der Waals surface area contributed by atoms with Gasteiger partial charge in [0.1, 0.15) is 5.75 Å². The third-order valence-electron chi connectivity index (χ3n) is 4.30. The van der Waals surface area contributed by atoms with Gasteiger partial charge >= 0.3 is 0 Å². The molecule has 164 valence electrons. The Morgan fingerprint density at radius 1 is 1.07 bits per heavy atom. The molecule has 0 aromatic heterocycles. The highest BCUT2D eigenvalue weighted by atomic mass is 32.2. The minimum absolute atomic E-state index is 0.0275. The molecule has 0 aliphatic rings. The van der Waals surface area contributed by atoms with Gasteiger partial charge in [-0.2, -0.15) is 0 Å². The Labute approximate surface area is 180 Å². The van der Waals surface area contributed by atoms with E-state index >= 15 is 0 Å². The van der Waals surface area contributed by atoms with Gasteiger partial charge in [0.05, 0.1) is 24.6 Å². The van der Waals surface area contributed by atoms with E-state index in [0.717, 1.165) is 23.1 Å². The topological polar surface area (TPSA) is 91.8 Å². The normalized spacial score (nSPS) is 13.1. The second-order valence-corrected chi connectivity index (χ2v) is 9.35. The molecule has 0 amide bonds. The zero-order chi connectivity index (χ0) is 22.1. The first-order valence-electron chi connectivity index (χ1n) is 9.93. The average Bonchev–Trinajstić information content (AvgIpc) is 2.69. The Hall–Kier alpha value is -2.74. The fraction of sp³-hybridized carbons (Fsp3) is 0.409. The van der Waals surface area contributed by atoms with Gasteiger partial charge in [-0.3, -0.25) is 9.71 Å². The number of aliphatic imine (C=N–C) groups is 1. The van der Waals surface area contributed by atoms with Gasteiger partial charge < -0.3 is 15.4 Å². The molecule has 7 nitrogen and oxygen atoms in total. The second-order valence-electron chi connectivity index (χ2n) is 7.60. The monoisotopic (exact) mass is 432 g/mol. The van der Waals surface area contributed by atoms with Crippen LogP contribution in [0.3, 0.4) is 0 Å². The van der Waals surface area contributed by atoms with Crippen molar-refractivity contribution in [1.82, 2.24) is 10.6 Å². The fourth-order valence-corrected chi connectivity index (χ4v) is 3.35. The Morgan fingerprint density at radius 3 is 2.33 bits per heavy atom. The van der Waals surface area contributed by atoms with E-state index in [2.05, 4.69) is 41.1 Å². The van der Waals surface area contributed by atoms with Crippen LogP contribution in [-0.4, -0.2) is 34.3 Å². The lowest BCUT2D eigenvalue weighted by molar-refractivity contribution is 0.271. The van der Waals surface area contributed by atoms with E-state index in [1.165, 1.54) is 0 Å². The maximum atomic E-state index is 11.6. The zero-order valence-corrected chi connectivity index (χ0v) is 19.1. The van der Waals surface area contributed by atoms with Crippen molar-refractivity contribution in [2.45, 2.75) is 33.4 Å². The first-order chi connectivity index (χ1) is 14.2. The van der Waals surface area contributed by atoms with Crippen LogP contribution >= 0.6 is 0 Å². The number of sulfonamides is 1. The number of guanidine groups is 1. The van der Waals surface area contributed by atoms with E-state index in [1.54, 1.807) is 19.2 Å². The molecule has 0 aliphatic heterocycles. The molecule has 0 saturated heterocycles. The molecule has 0 aliphatic carbocycles. The number of benzene rings is 2. The quantitative estimate of drug-likeness (QED) is 0.417. The molecule has 2 aromatic rings. The summed E-state index contributed by atoms with van der Waals surface area (Å²) in [4.78, 5) is 4.27. The highest BCUT2D eigenvalue weighted by Gasteiger charge is 2.10. The van der Waals surface area contributed by atoms with Crippen LogP contribution in [0.5, 0.6) is 5.75 Å². The molecule has 0 fully saturated rings. The largest absolute Gasteiger partial charge is 0.493 e. The predicted molar refractivity (Wildman–Crippen MR) is 123 cm³/mol. The summed E-state index contributed by atoms with van der Waals surface area (Å²) in [6.45, 7) is 7.41. The summed E-state index contributed by atoms with van der Waals surface area (Å²) >= 11 is 0. The van der Waals surface area contributed by atoms with Gasteiger partial charge in [0.2, 0.25) is 10.0 Å². The van der Waals surface area contributed by atoms with Gasteiger partial charge in [-0.1, -0.05) is 44.2 Å². The van der Waals surface area contributed by atoms with E-state index in [1.807, 2.05) is 36.4 Å². The van der Waals surface area contributed by atoms with Crippen molar-refractivity contribution in [2.75, 3.05) is 24.6 Å². The summed E-state index contributed by atoms with van der Waals surface area (Å²) in [5.74, 6) is 1.96. The van der Waals surface area contributed by atoms with Gasteiger partial charge in [0.15, 0.2) is 5.96 Å². The van der Waals surface area contributed by atoms with E-state index < -0.39 is 10.0 Å². The minimum atomic E-state index is -3.35. The summed E-state index contributed by atoms with van der Waals surface area (Å²) in [6, 6.07) is 15.3. The van der Waals surface area contributed by atoms with Gasteiger partial charge in [0.25, 0.3) is 0 Å². The summed E-state index contributed by atoms with van der Waals surface area (Å²) < 4.78 is 31.4. The second kappa shape index (κ2) is 10.9. The molecule has 0 radical (unpaired) electrons. The smallest absolute Gasteiger partial charge is 0.229 e. The van der Waals surface area contributed by atoms with Crippen LogP contribution in [0.15, 0.2) is 53.5 Å². The molecule has 0 heterocycles. The van der Waals surface area contributed by atoms with Gasteiger partial charge in [0, 0.05) is 13.6 Å². The number of anilines is 1. The number of para-hydroxylation sites is 1. The third-order valence-corrected chi connectivity index (χ3v) is 4.89. The molecule has 1 atom stereocenters. The lowest BCUT2D eigenvalue weighted by Crippen LogP contribution is -2.38. The summed E-state index contributed by atoms with van der Waals surface area (Å²) in [5.41, 5.74) is 2.48. The van der Waals surface area contributed by atoms with Crippen LogP contribution in [0.4, 0.5) is 5.69 Å². The standard InChI is InChI=1S/C22H32N4O3S/c1-16(2)15-29-20-12-10-18(11-13-20)17(3)25-22(23-4)24-14-19-8-6-7-9-21(19)26-30(5,27)28/h6-13,16-17,26H,14-15H2,1-5H3,(H2,23,24,25). The van der Waals surface area contributed by atoms with Crippen molar-refractivity contribution in [3.63, 3.8) is 0 Å². The van der Waals surface area contributed by atoms with Crippen LogP contribution in [0.1, 0.15) is 37.9 Å². The van der Waals surface area contributed by atoms with Gasteiger partial charge in [-0.25, -0.2) is 8.42 Å². The van der Waals surface area contributed by atoms with E-state index in [-0.39, 0.29) is 6.04 Å². The molecule has 2 rings (SSSR count). The molecule has 3 N–H and O–H groups in total. The lowest BCUT2D eigenvalue weighted by Gasteiger charge is -2.19. The number of hydrogen-bond donors (Lipinski definition) is 3. The number of nitrogens with one attached hydrogen (secondary N) is 3. The molecular weight excluding hydrogens is 400 g/mol. The van der Waals surface area contributed by atoms with Crippen LogP contribution in [0, 0.1) is 5.92 Å². The number of nitrogens with zero attached hydrogens (tertiary/aromatic N) is 1. The SMILES string of the molecule is CN=C(NCc1ccccc1NS(C)(=O)=O)NC(C)c1ccc(OCC(C)C)cc1. The van der Waals surface area contributed by atoms with Crippen LogP contribution in [0.2, 0.25) is 0 Å². The Morgan fingerprint density at radius 2 is 1.73 bits per heavy atom. The third kappa shape index (κ3) is 7.94. The van der Waals surface area contributed by atoms with Crippen molar-refractivity contribution in [1.29, 1.82) is 0 Å². The Balaban J connectivity index is 1.96. The van der Waals surface area contributed by atoms with E-state index in [4.69, 9.17) is 4.74 Å². The molecule has 8 heteroatoms. The lowest BCUT2D eigenvalue weighted by atomic mass is 10.1. The van der Waals surface area contributed by atoms with Crippen molar-refractivity contribution in [2.24, 2.45) is 10.9 Å². The maximum Gasteiger partial charge on any atom is 0.229 e.